The number of ether oxygens (including phenoxy) is 1. The van der Waals surface area contributed by atoms with E-state index in [1.807, 2.05) is 0 Å². The second kappa shape index (κ2) is 14.7. The number of hydrogen-bond donors (Lipinski definition) is 3. The van der Waals surface area contributed by atoms with Gasteiger partial charge in [-0.2, -0.15) is 13.9 Å². The molecule has 1 aliphatic carbocycles. The molecule has 0 bridgehead atoms. The Morgan fingerprint density at radius 3 is 2.35 bits per heavy atom. The van der Waals surface area contributed by atoms with E-state index in [1.54, 1.807) is 42.5 Å². The molecule has 0 saturated heterocycles. The minimum absolute atomic E-state index is 0.0579. The summed E-state index contributed by atoms with van der Waals surface area (Å²) in [6, 6.07) is 9.81. The lowest BCUT2D eigenvalue weighted by atomic mass is 10.00. The maximum atomic E-state index is 13.9. The van der Waals surface area contributed by atoms with Crippen molar-refractivity contribution in [3.63, 3.8) is 0 Å². The van der Waals surface area contributed by atoms with Crippen molar-refractivity contribution >= 4 is 52.8 Å². The smallest absolute Gasteiger partial charge is 0.407 e. The van der Waals surface area contributed by atoms with Crippen molar-refractivity contribution < 1.29 is 23.1 Å². The number of nitrogens with two attached hydrogens (primary N) is 1. The molecule has 0 unspecified atom stereocenters. The molecule has 49 heavy (non-hydrogen) atoms. The molecule has 2 aromatic heterocycles. The van der Waals surface area contributed by atoms with Gasteiger partial charge in [-0.15, -0.1) is 0 Å². The van der Waals surface area contributed by atoms with Crippen LogP contribution >= 0.6 is 34.8 Å². The SMILES string of the molecule is CC(C)(C)C.NC1=N[C@H](c2ccc(-c3cnn(C(F)F)c3)cc2)C(=O)N1[C@H](COC(=O)NC1CC1)c1ccc(Cl)c(-c2nc(Cl)c(Cl)[nH]2)c1. The van der Waals surface area contributed by atoms with Crippen molar-refractivity contribution in [3.05, 3.63) is 81.3 Å². The van der Waals surface area contributed by atoms with Crippen LogP contribution in [-0.4, -0.2) is 55.3 Å². The van der Waals surface area contributed by atoms with E-state index in [1.165, 1.54) is 17.3 Å². The quantitative estimate of drug-likeness (QED) is 0.158. The number of alkyl halides is 2. The van der Waals surface area contributed by atoms with Crippen molar-refractivity contribution in [3.8, 4) is 22.5 Å². The Kier molecular flexibility index (Phi) is 10.9. The average molecular weight is 736 g/mol. The molecule has 1 fully saturated rings. The first-order chi connectivity index (χ1) is 23.1. The lowest BCUT2D eigenvalue weighted by Gasteiger charge is -2.28. The number of halogens is 5. The van der Waals surface area contributed by atoms with E-state index in [0.29, 0.717) is 48.8 Å². The maximum Gasteiger partial charge on any atom is 0.407 e. The van der Waals surface area contributed by atoms with Crippen LogP contribution in [0.15, 0.2) is 59.9 Å². The number of amides is 2. The molecule has 3 heterocycles. The third-order valence-electron chi connectivity index (χ3n) is 7.17. The molecular weight excluding hydrogens is 701 g/mol. The summed E-state index contributed by atoms with van der Waals surface area (Å²) in [5.41, 5.74) is 9.41. The summed E-state index contributed by atoms with van der Waals surface area (Å²) in [6.45, 7) is 5.74. The molecule has 16 heteroatoms. The molecule has 1 saturated carbocycles. The van der Waals surface area contributed by atoms with Crippen LogP contribution in [0.5, 0.6) is 0 Å². The zero-order chi connectivity index (χ0) is 35.6. The second-order valence-electron chi connectivity index (χ2n) is 13.2. The van der Waals surface area contributed by atoms with Gasteiger partial charge in [0.1, 0.15) is 17.6 Å². The first-order valence-corrected chi connectivity index (χ1v) is 16.5. The Bertz CT molecular complexity index is 1830. The summed E-state index contributed by atoms with van der Waals surface area (Å²) in [7, 11) is 0. The Morgan fingerprint density at radius 2 is 1.78 bits per heavy atom. The molecule has 2 amide bonds. The maximum absolute atomic E-state index is 13.9. The number of carbonyl (C=O) groups is 2. The largest absolute Gasteiger partial charge is 0.447 e. The number of aromatic nitrogens is 4. The third-order valence-corrected chi connectivity index (χ3v) is 8.15. The fourth-order valence-electron chi connectivity index (χ4n) is 4.78. The Morgan fingerprint density at radius 1 is 1.10 bits per heavy atom. The first-order valence-electron chi connectivity index (χ1n) is 15.3. The number of nitrogens with zero attached hydrogens (tertiary/aromatic N) is 5. The molecule has 2 aromatic carbocycles. The van der Waals surface area contributed by atoms with Gasteiger partial charge in [0.05, 0.1) is 17.3 Å². The van der Waals surface area contributed by atoms with Gasteiger partial charge in [-0.1, -0.05) is 92.8 Å². The van der Waals surface area contributed by atoms with Crippen LogP contribution in [0, 0.1) is 5.41 Å². The number of alkyl carbamates (subject to hydrolysis) is 1. The van der Waals surface area contributed by atoms with Crippen molar-refractivity contribution in [2.24, 2.45) is 16.1 Å². The minimum Gasteiger partial charge on any atom is -0.447 e. The molecule has 1 aliphatic heterocycles. The Labute approximate surface area is 296 Å². The van der Waals surface area contributed by atoms with Crippen LogP contribution < -0.4 is 11.1 Å². The number of rotatable bonds is 9. The Balaban J connectivity index is 0.000000874. The molecule has 0 spiro atoms. The van der Waals surface area contributed by atoms with Crippen molar-refractivity contribution in [2.75, 3.05) is 6.61 Å². The summed E-state index contributed by atoms with van der Waals surface area (Å²) >= 11 is 18.6. The van der Waals surface area contributed by atoms with Gasteiger partial charge < -0.3 is 20.8 Å². The van der Waals surface area contributed by atoms with E-state index >= 15 is 0 Å². The van der Waals surface area contributed by atoms with E-state index < -0.39 is 30.6 Å². The number of benzene rings is 2. The van der Waals surface area contributed by atoms with Crippen LogP contribution in [-0.2, 0) is 9.53 Å². The highest BCUT2D eigenvalue weighted by Gasteiger charge is 2.40. The number of guanidine groups is 1. The average Bonchev–Trinajstić information content (AvgIpc) is 3.44. The highest BCUT2D eigenvalue weighted by atomic mass is 35.5. The van der Waals surface area contributed by atoms with E-state index in [4.69, 9.17) is 45.3 Å². The Hall–Kier alpha value is -4.20. The molecule has 4 aromatic rings. The topological polar surface area (TPSA) is 144 Å². The van der Waals surface area contributed by atoms with Crippen LogP contribution in [0.2, 0.25) is 15.3 Å². The van der Waals surface area contributed by atoms with Gasteiger partial charge >= 0.3 is 12.6 Å². The van der Waals surface area contributed by atoms with E-state index in [2.05, 4.69) is 53.1 Å². The van der Waals surface area contributed by atoms with Crippen LogP contribution in [0.25, 0.3) is 22.5 Å². The fraction of sp³-hybridized carbons (Fsp3) is 0.364. The normalized spacial score (nSPS) is 16.7. The van der Waals surface area contributed by atoms with Gasteiger partial charge in [0.25, 0.3) is 5.91 Å². The first kappa shape index (κ1) is 36.1. The van der Waals surface area contributed by atoms with E-state index in [9.17, 15) is 18.4 Å². The molecule has 6 rings (SSSR count). The third kappa shape index (κ3) is 9.08. The summed E-state index contributed by atoms with van der Waals surface area (Å²) in [4.78, 5) is 39.1. The van der Waals surface area contributed by atoms with Gasteiger partial charge in [0.2, 0.25) is 0 Å². The predicted molar refractivity (Wildman–Crippen MR) is 185 cm³/mol. The highest BCUT2D eigenvalue weighted by Crippen LogP contribution is 2.37. The number of hydrogen-bond acceptors (Lipinski definition) is 7. The van der Waals surface area contributed by atoms with Crippen molar-refractivity contribution in [1.82, 2.24) is 30.0 Å². The lowest BCUT2D eigenvalue weighted by molar-refractivity contribution is -0.129. The molecule has 11 nitrogen and oxygen atoms in total. The zero-order valence-corrected chi connectivity index (χ0v) is 29.3. The molecule has 2 aliphatic rings. The van der Waals surface area contributed by atoms with Gasteiger partial charge in [-0.25, -0.2) is 19.5 Å². The number of imidazole rings is 1. The van der Waals surface area contributed by atoms with Crippen molar-refractivity contribution in [1.29, 1.82) is 0 Å². The number of aromatic amines is 1. The number of H-pyrrole nitrogens is 1. The van der Waals surface area contributed by atoms with Crippen LogP contribution in [0.3, 0.4) is 0 Å². The van der Waals surface area contributed by atoms with E-state index in [0.717, 1.165) is 12.8 Å². The summed E-state index contributed by atoms with van der Waals surface area (Å²) in [6.07, 6.45) is 3.67. The fourth-order valence-corrected chi connectivity index (χ4v) is 5.25. The second-order valence-corrected chi connectivity index (χ2v) is 14.3. The van der Waals surface area contributed by atoms with E-state index in [-0.39, 0.29) is 28.9 Å². The zero-order valence-electron chi connectivity index (χ0n) is 27.1. The highest BCUT2D eigenvalue weighted by molar-refractivity contribution is 6.40. The summed E-state index contributed by atoms with van der Waals surface area (Å²) in [5.74, 6) is -0.249. The lowest BCUT2D eigenvalue weighted by Crippen LogP contribution is -2.43. The molecule has 4 N–H and O–H groups in total. The van der Waals surface area contributed by atoms with Gasteiger partial charge in [0.15, 0.2) is 17.2 Å². The minimum atomic E-state index is -2.76. The van der Waals surface area contributed by atoms with Crippen LogP contribution in [0.4, 0.5) is 13.6 Å². The summed E-state index contributed by atoms with van der Waals surface area (Å²) < 4.78 is 32.0. The van der Waals surface area contributed by atoms with Gasteiger partial charge in [0, 0.05) is 23.4 Å². The number of nitrogens with one attached hydrogen (secondary N) is 2. The van der Waals surface area contributed by atoms with Crippen LogP contribution in [0.1, 0.15) is 70.3 Å². The molecular formula is C33H35Cl3F2N8O3. The monoisotopic (exact) mass is 734 g/mol. The molecule has 0 radical (unpaired) electrons. The number of carbonyl (C=O) groups excluding carboxylic acids is 2. The van der Waals surface area contributed by atoms with Gasteiger partial charge in [-0.05, 0) is 47.1 Å². The summed E-state index contributed by atoms with van der Waals surface area (Å²) in [5, 5.41) is 6.92. The van der Waals surface area contributed by atoms with Gasteiger partial charge in [-0.3, -0.25) is 9.69 Å². The number of aliphatic imine (C=N–C) groups is 1. The predicted octanol–water partition coefficient (Wildman–Crippen LogP) is 8.18. The molecule has 260 valence electrons. The molecule has 2 atom stereocenters. The standard InChI is InChI=1S/C28H23Cl3F2N8O3.C5H12/c29-19-8-5-15(9-18(19)24-38-22(30)23(31)39-24)20(12-44-28(43)36-17-6-7-17)41-25(42)21(37-27(41)34)14-3-1-13(2-4-14)16-10-35-40(11-16)26(32)33;1-5(2,3)4/h1-5,8-11,17,20-21,26H,6-7,12H2,(H2,34,37)(H,36,43)(H,38,39);1-4H3/t20-,21-;/m1./s1. The van der Waals surface area contributed by atoms with Crippen molar-refractivity contribution in [2.45, 2.75) is 65.2 Å².